The number of anilines is 1. The van der Waals surface area contributed by atoms with E-state index in [1.54, 1.807) is 0 Å². The van der Waals surface area contributed by atoms with Crippen LogP contribution in [0.4, 0.5) is 23.2 Å². The molecule has 120 valence electrons. The number of benzene rings is 2. The highest BCUT2D eigenvalue weighted by Crippen LogP contribution is 2.35. The summed E-state index contributed by atoms with van der Waals surface area (Å²) < 4.78 is 51.3. The van der Waals surface area contributed by atoms with Crippen LogP contribution in [-0.2, 0) is 11.0 Å². The van der Waals surface area contributed by atoms with Crippen LogP contribution in [0.5, 0.6) is 0 Å². The fourth-order valence-electron chi connectivity index (χ4n) is 2.79. The van der Waals surface area contributed by atoms with Gasteiger partial charge in [-0.15, -0.1) is 0 Å². The second-order valence-corrected chi connectivity index (χ2v) is 5.43. The van der Waals surface area contributed by atoms with Crippen LogP contribution in [0, 0.1) is 5.82 Å². The highest BCUT2D eigenvalue weighted by atomic mass is 19.4. The van der Waals surface area contributed by atoms with Gasteiger partial charge in [0.05, 0.1) is 11.5 Å². The van der Waals surface area contributed by atoms with Gasteiger partial charge in [-0.05, 0) is 42.3 Å². The lowest BCUT2D eigenvalue weighted by atomic mass is 9.98. The first-order valence-corrected chi connectivity index (χ1v) is 7.10. The lowest BCUT2D eigenvalue weighted by molar-refractivity contribution is -0.137. The molecule has 0 aliphatic carbocycles. The summed E-state index contributed by atoms with van der Waals surface area (Å²) in [5, 5.41) is 0. The number of halogens is 4. The molecule has 1 atom stereocenters. The standard InChI is InChI=1S/C17H13F4NO/c18-13-6-4-11(5-7-13)15-8-9-22(16(15)23)14-3-1-2-12(10-14)17(19,20)21/h1-7,10,15H,8-9H2. The molecule has 0 bridgehead atoms. The topological polar surface area (TPSA) is 20.3 Å². The molecule has 1 amide bonds. The maximum Gasteiger partial charge on any atom is 0.416 e. The Kier molecular flexibility index (Phi) is 3.83. The van der Waals surface area contributed by atoms with E-state index in [1.165, 1.54) is 41.3 Å². The Labute approximate surface area is 130 Å². The Balaban J connectivity index is 1.86. The number of rotatable bonds is 2. The molecule has 0 aromatic heterocycles. The first-order chi connectivity index (χ1) is 10.9. The zero-order chi connectivity index (χ0) is 16.6. The monoisotopic (exact) mass is 323 g/mol. The van der Waals surface area contributed by atoms with Crippen molar-refractivity contribution in [2.24, 2.45) is 0 Å². The second kappa shape index (κ2) is 5.68. The van der Waals surface area contributed by atoms with E-state index in [9.17, 15) is 22.4 Å². The molecule has 1 fully saturated rings. The van der Waals surface area contributed by atoms with Crippen LogP contribution >= 0.6 is 0 Å². The minimum Gasteiger partial charge on any atom is -0.312 e. The van der Waals surface area contributed by atoms with Gasteiger partial charge in [0, 0.05) is 12.2 Å². The summed E-state index contributed by atoms with van der Waals surface area (Å²) in [6, 6.07) is 10.3. The molecular weight excluding hydrogens is 310 g/mol. The van der Waals surface area contributed by atoms with Crippen molar-refractivity contribution < 1.29 is 22.4 Å². The lowest BCUT2D eigenvalue weighted by Crippen LogP contribution is -2.26. The van der Waals surface area contributed by atoms with Crippen molar-refractivity contribution in [1.29, 1.82) is 0 Å². The third-order valence-corrected chi connectivity index (χ3v) is 3.96. The van der Waals surface area contributed by atoms with E-state index in [4.69, 9.17) is 0 Å². The summed E-state index contributed by atoms with van der Waals surface area (Å²) >= 11 is 0. The molecule has 1 heterocycles. The third kappa shape index (κ3) is 3.06. The van der Waals surface area contributed by atoms with E-state index in [1.807, 2.05) is 0 Å². The van der Waals surface area contributed by atoms with Crippen LogP contribution in [0.25, 0.3) is 0 Å². The number of amides is 1. The summed E-state index contributed by atoms with van der Waals surface area (Å²) in [5.74, 6) is -1.12. The Morgan fingerprint density at radius 1 is 1.04 bits per heavy atom. The highest BCUT2D eigenvalue weighted by Gasteiger charge is 2.35. The van der Waals surface area contributed by atoms with Gasteiger partial charge >= 0.3 is 6.18 Å². The van der Waals surface area contributed by atoms with Crippen molar-refractivity contribution in [3.8, 4) is 0 Å². The summed E-state index contributed by atoms with van der Waals surface area (Å²) in [7, 11) is 0. The van der Waals surface area contributed by atoms with E-state index in [-0.39, 0.29) is 11.6 Å². The third-order valence-electron chi connectivity index (χ3n) is 3.96. The summed E-state index contributed by atoms with van der Waals surface area (Å²) in [5.41, 5.74) is 0.119. The van der Waals surface area contributed by atoms with Crippen LogP contribution < -0.4 is 4.90 Å². The molecule has 2 nitrogen and oxygen atoms in total. The van der Waals surface area contributed by atoms with Gasteiger partial charge in [-0.3, -0.25) is 4.79 Å². The molecule has 2 aromatic carbocycles. The summed E-state index contributed by atoms with van der Waals surface area (Å²) in [6.45, 7) is 0.336. The van der Waals surface area contributed by atoms with Crippen molar-refractivity contribution in [2.75, 3.05) is 11.4 Å². The molecule has 23 heavy (non-hydrogen) atoms. The zero-order valence-electron chi connectivity index (χ0n) is 12.0. The maximum absolute atomic E-state index is 13.0. The number of carbonyl (C=O) groups excluding carboxylic acids is 1. The number of alkyl halides is 3. The van der Waals surface area contributed by atoms with E-state index in [0.717, 1.165) is 12.1 Å². The average Bonchev–Trinajstić information content (AvgIpc) is 2.89. The Morgan fingerprint density at radius 3 is 2.39 bits per heavy atom. The second-order valence-electron chi connectivity index (χ2n) is 5.43. The molecule has 1 saturated heterocycles. The molecule has 6 heteroatoms. The van der Waals surface area contributed by atoms with Gasteiger partial charge in [-0.1, -0.05) is 18.2 Å². The largest absolute Gasteiger partial charge is 0.416 e. The van der Waals surface area contributed by atoms with Crippen molar-refractivity contribution in [2.45, 2.75) is 18.5 Å². The molecule has 0 spiro atoms. The normalized spacial score (nSPS) is 18.5. The molecule has 1 aliphatic heterocycles. The Hall–Kier alpha value is -2.37. The van der Waals surface area contributed by atoms with E-state index in [2.05, 4.69) is 0 Å². The fraction of sp³-hybridized carbons (Fsp3) is 0.235. The Bertz CT molecular complexity index is 724. The van der Waals surface area contributed by atoms with Crippen LogP contribution in [0.3, 0.4) is 0 Å². The molecule has 0 radical (unpaired) electrons. The van der Waals surface area contributed by atoms with Crippen LogP contribution in [-0.4, -0.2) is 12.5 Å². The smallest absolute Gasteiger partial charge is 0.312 e. The molecule has 1 unspecified atom stereocenters. The minimum atomic E-state index is -4.45. The molecule has 1 aliphatic rings. The van der Waals surface area contributed by atoms with Gasteiger partial charge in [0.15, 0.2) is 0 Å². The molecular formula is C17H13F4NO. The molecule has 3 rings (SSSR count). The van der Waals surface area contributed by atoms with Gasteiger partial charge in [0.1, 0.15) is 5.82 Å². The minimum absolute atomic E-state index is 0.231. The van der Waals surface area contributed by atoms with E-state index >= 15 is 0 Å². The van der Waals surface area contributed by atoms with E-state index < -0.39 is 23.5 Å². The summed E-state index contributed by atoms with van der Waals surface area (Å²) in [4.78, 5) is 13.9. The SMILES string of the molecule is O=C1C(c2ccc(F)cc2)CCN1c1cccc(C(F)(F)F)c1. The maximum atomic E-state index is 13.0. The predicted octanol–water partition coefficient (Wildman–Crippen LogP) is 4.37. The van der Waals surface area contributed by atoms with Crippen molar-refractivity contribution in [3.05, 3.63) is 65.5 Å². The van der Waals surface area contributed by atoms with Gasteiger partial charge < -0.3 is 4.90 Å². The van der Waals surface area contributed by atoms with Crippen LogP contribution in [0.1, 0.15) is 23.5 Å². The van der Waals surface area contributed by atoms with Crippen LogP contribution in [0.15, 0.2) is 48.5 Å². The van der Waals surface area contributed by atoms with Gasteiger partial charge in [0.25, 0.3) is 0 Å². The van der Waals surface area contributed by atoms with Crippen molar-refractivity contribution >= 4 is 11.6 Å². The summed E-state index contributed by atoms with van der Waals surface area (Å²) in [6.07, 6.45) is -3.96. The molecule has 0 N–H and O–H groups in total. The Morgan fingerprint density at radius 2 is 1.74 bits per heavy atom. The lowest BCUT2D eigenvalue weighted by Gasteiger charge is -2.18. The number of hydrogen-bond acceptors (Lipinski definition) is 1. The highest BCUT2D eigenvalue weighted by molar-refractivity contribution is 6.00. The number of carbonyl (C=O) groups is 1. The first-order valence-electron chi connectivity index (χ1n) is 7.10. The van der Waals surface area contributed by atoms with Gasteiger partial charge in [-0.25, -0.2) is 4.39 Å². The van der Waals surface area contributed by atoms with Gasteiger partial charge in [0.2, 0.25) is 5.91 Å². The molecule has 2 aromatic rings. The predicted molar refractivity (Wildman–Crippen MR) is 77.6 cm³/mol. The first kappa shape index (κ1) is 15.5. The molecule has 0 saturated carbocycles. The van der Waals surface area contributed by atoms with Crippen molar-refractivity contribution in [1.82, 2.24) is 0 Å². The fourth-order valence-corrected chi connectivity index (χ4v) is 2.79. The van der Waals surface area contributed by atoms with Gasteiger partial charge in [-0.2, -0.15) is 13.2 Å². The quantitative estimate of drug-likeness (QED) is 0.752. The zero-order valence-corrected chi connectivity index (χ0v) is 12.0. The van der Waals surface area contributed by atoms with Crippen molar-refractivity contribution in [3.63, 3.8) is 0 Å². The van der Waals surface area contributed by atoms with E-state index in [0.29, 0.717) is 18.5 Å². The number of nitrogens with zero attached hydrogens (tertiary/aromatic N) is 1. The van der Waals surface area contributed by atoms with Crippen LogP contribution in [0.2, 0.25) is 0 Å². The number of hydrogen-bond donors (Lipinski definition) is 0. The average molecular weight is 323 g/mol.